The SMILES string of the molecule is CCC1CCCCN1S(=O)(=O)c1cc(C)c(C)c(N)c1. The molecule has 1 fully saturated rings. The van der Waals surface area contributed by atoms with Crippen LogP contribution in [0.3, 0.4) is 0 Å². The molecule has 0 aliphatic carbocycles. The highest BCUT2D eigenvalue weighted by Gasteiger charge is 2.32. The summed E-state index contributed by atoms with van der Waals surface area (Å²) in [5.41, 5.74) is 8.36. The zero-order valence-corrected chi connectivity index (χ0v) is 13.3. The molecule has 4 nitrogen and oxygen atoms in total. The van der Waals surface area contributed by atoms with E-state index in [-0.39, 0.29) is 6.04 Å². The molecule has 1 atom stereocenters. The van der Waals surface area contributed by atoms with Gasteiger partial charge in [0.25, 0.3) is 0 Å². The highest BCUT2D eigenvalue weighted by molar-refractivity contribution is 7.89. The number of piperidine rings is 1. The van der Waals surface area contributed by atoms with Crippen molar-refractivity contribution in [2.75, 3.05) is 12.3 Å². The fraction of sp³-hybridized carbons (Fsp3) is 0.600. The molecule has 0 amide bonds. The molecule has 2 N–H and O–H groups in total. The standard InChI is InChI=1S/C15H24N2O2S/c1-4-13-7-5-6-8-17(13)20(18,19)14-9-11(2)12(3)15(16)10-14/h9-10,13H,4-8,16H2,1-3H3. The van der Waals surface area contributed by atoms with E-state index in [0.717, 1.165) is 36.8 Å². The van der Waals surface area contributed by atoms with E-state index in [2.05, 4.69) is 0 Å². The molecule has 5 heteroatoms. The normalized spacial score (nSPS) is 21.1. The Morgan fingerprint density at radius 3 is 2.60 bits per heavy atom. The van der Waals surface area contributed by atoms with Gasteiger partial charge in [0, 0.05) is 18.3 Å². The zero-order chi connectivity index (χ0) is 14.9. The van der Waals surface area contributed by atoms with Gasteiger partial charge in [-0.1, -0.05) is 13.3 Å². The molecule has 1 heterocycles. The van der Waals surface area contributed by atoms with E-state index in [1.165, 1.54) is 0 Å². The fourth-order valence-electron chi connectivity index (χ4n) is 2.84. The molecule has 20 heavy (non-hydrogen) atoms. The van der Waals surface area contributed by atoms with Gasteiger partial charge in [0.2, 0.25) is 10.0 Å². The van der Waals surface area contributed by atoms with Crippen molar-refractivity contribution in [1.82, 2.24) is 4.31 Å². The van der Waals surface area contributed by atoms with E-state index >= 15 is 0 Å². The number of sulfonamides is 1. The van der Waals surface area contributed by atoms with Crippen molar-refractivity contribution in [3.63, 3.8) is 0 Å². The number of nitrogens with two attached hydrogens (primary N) is 1. The van der Waals surface area contributed by atoms with Crippen molar-refractivity contribution < 1.29 is 8.42 Å². The second-order valence-corrected chi connectivity index (χ2v) is 7.52. The number of nitrogens with zero attached hydrogens (tertiary/aromatic N) is 1. The summed E-state index contributed by atoms with van der Waals surface area (Å²) in [5.74, 6) is 0. The van der Waals surface area contributed by atoms with Gasteiger partial charge in [-0.3, -0.25) is 0 Å². The van der Waals surface area contributed by atoms with Crippen LogP contribution >= 0.6 is 0 Å². The van der Waals surface area contributed by atoms with E-state index in [4.69, 9.17) is 5.73 Å². The predicted octanol–water partition coefficient (Wildman–Crippen LogP) is 2.84. The van der Waals surface area contributed by atoms with Crippen LogP contribution in [0.25, 0.3) is 0 Å². The molecule has 112 valence electrons. The maximum atomic E-state index is 12.8. The average molecular weight is 296 g/mol. The molecule has 1 saturated heterocycles. The topological polar surface area (TPSA) is 63.4 Å². The van der Waals surface area contributed by atoms with Crippen LogP contribution in [-0.4, -0.2) is 25.3 Å². The number of aryl methyl sites for hydroxylation is 1. The zero-order valence-electron chi connectivity index (χ0n) is 12.5. The Morgan fingerprint density at radius 1 is 1.30 bits per heavy atom. The summed E-state index contributed by atoms with van der Waals surface area (Å²) in [5, 5.41) is 0. The molecular weight excluding hydrogens is 272 g/mol. The molecule has 0 spiro atoms. The largest absolute Gasteiger partial charge is 0.398 e. The minimum Gasteiger partial charge on any atom is -0.398 e. The van der Waals surface area contributed by atoms with Crippen LogP contribution in [0, 0.1) is 13.8 Å². The number of rotatable bonds is 3. The molecule has 0 bridgehead atoms. The van der Waals surface area contributed by atoms with Crippen LogP contribution in [0.4, 0.5) is 5.69 Å². The van der Waals surface area contributed by atoms with E-state index < -0.39 is 10.0 Å². The fourth-order valence-corrected chi connectivity index (χ4v) is 4.72. The van der Waals surface area contributed by atoms with Gasteiger partial charge in [-0.25, -0.2) is 8.42 Å². The van der Waals surface area contributed by atoms with Gasteiger partial charge in [0.15, 0.2) is 0 Å². The molecule has 1 aromatic rings. The minimum absolute atomic E-state index is 0.122. The van der Waals surface area contributed by atoms with Crippen molar-refractivity contribution in [2.24, 2.45) is 0 Å². The first-order chi connectivity index (χ1) is 9.37. The van der Waals surface area contributed by atoms with Gasteiger partial charge in [-0.2, -0.15) is 4.31 Å². The van der Waals surface area contributed by atoms with Crippen molar-refractivity contribution in [2.45, 2.75) is 57.4 Å². The second-order valence-electron chi connectivity index (χ2n) is 5.63. The predicted molar refractivity (Wildman–Crippen MR) is 82.2 cm³/mol. The first-order valence-electron chi connectivity index (χ1n) is 7.26. The van der Waals surface area contributed by atoms with E-state index in [0.29, 0.717) is 17.1 Å². The summed E-state index contributed by atoms with van der Waals surface area (Å²) in [7, 11) is -3.43. The number of hydrogen-bond donors (Lipinski definition) is 1. The quantitative estimate of drug-likeness (QED) is 0.872. The van der Waals surface area contributed by atoms with Crippen LogP contribution in [0.15, 0.2) is 17.0 Å². The van der Waals surface area contributed by atoms with E-state index in [1.807, 2.05) is 20.8 Å². The van der Waals surface area contributed by atoms with E-state index in [9.17, 15) is 8.42 Å². The molecule has 1 aliphatic rings. The van der Waals surface area contributed by atoms with Gasteiger partial charge < -0.3 is 5.73 Å². The van der Waals surface area contributed by atoms with Gasteiger partial charge in [-0.15, -0.1) is 0 Å². The molecule has 0 radical (unpaired) electrons. The van der Waals surface area contributed by atoms with Crippen LogP contribution in [0.2, 0.25) is 0 Å². The summed E-state index contributed by atoms with van der Waals surface area (Å²) >= 11 is 0. The Morgan fingerprint density at radius 2 is 2.00 bits per heavy atom. The van der Waals surface area contributed by atoms with Crippen molar-refractivity contribution in [3.05, 3.63) is 23.3 Å². The number of nitrogen functional groups attached to an aromatic ring is 1. The third kappa shape index (κ3) is 2.69. The first kappa shape index (κ1) is 15.3. The molecule has 1 aromatic carbocycles. The van der Waals surface area contributed by atoms with E-state index in [1.54, 1.807) is 16.4 Å². The third-order valence-corrected chi connectivity index (χ3v) is 6.26. The first-order valence-corrected chi connectivity index (χ1v) is 8.70. The van der Waals surface area contributed by atoms with Crippen LogP contribution < -0.4 is 5.73 Å². The molecule has 0 saturated carbocycles. The lowest BCUT2D eigenvalue weighted by molar-refractivity contribution is 0.246. The molecule has 0 aromatic heterocycles. The maximum absolute atomic E-state index is 12.8. The van der Waals surface area contributed by atoms with Crippen molar-refractivity contribution >= 4 is 15.7 Å². The number of benzene rings is 1. The van der Waals surface area contributed by atoms with Gasteiger partial charge in [-0.05, 0) is 56.4 Å². The van der Waals surface area contributed by atoms with Gasteiger partial charge in [0.1, 0.15) is 0 Å². The lowest BCUT2D eigenvalue weighted by Gasteiger charge is -2.34. The summed E-state index contributed by atoms with van der Waals surface area (Å²) in [4.78, 5) is 0.332. The highest BCUT2D eigenvalue weighted by atomic mass is 32.2. The number of hydrogen-bond acceptors (Lipinski definition) is 3. The summed E-state index contributed by atoms with van der Waals surface area (Å²) < 4.78 is 27.4. The van der Waals surface area contributed by atoms with Gasteiger partial charge in [0.05, 0.1) is 4.90 Å². The summed E-state index contributed by atoms with van der Waals surface area (Å²) in [6.45, 7) is 6.48. The summed E-state index contributed by atoms with van der Waals surface area (Å²) in [6.07, 6.45) is 3.87. The lowest BCUT2D eigenvalue weighted by atomic mass is 10.0. The third-order valence-electron chi connectivity index (χ3n) is 4.33. The lowest BCUT2D eigenvalue weighted by Crippen LogP contribution is -2.43. The van der Waals surface area contributed by atoms with Crippen LogP contribution in [0.5, 0.6) is 0 Å². The van der Waals surface area contributed by atoms with Crippen LogP contribution in [0.1, 0.15) is 43.7 Å². The molecule has 1 unspecified atom stereocenters. The summed E-state index contributed by atoms with van der Waals surface area (Å²) in [6, 6.07) is 3.46. The molecule has 1 aliphatic heterocycles. The average Bonchev–Trinajstić information content (AvgIpc) is 2.44. The van der Waals surface area contributed by atoms with Gasteiger partial charge >= 0.3 is 0 Å². The van der Waals surface area contributed by atoms with Crippen LogP contribution in [-0.2, 0) is 10.0 Å². The Balaban J connectivity index is 2.44. The molecule has 2 rings (SSSR count). The monoisotopic (exact) mass is 296 g/mol. The Kier molecular flexibility index (Phi) is 4.39. The Hall–Kier alpha value is -1.07. The smallest absolute Gasteiger partial charge is 0.243 e. The van der Waals surface area contributed by atoms with Crippen molar-refractivity contribution in [1.29, 1.82) is 0 Å². The second kappa shape index (κ2) is 5.74. The minimum atomic E-state index is -3.43. The Labute approximate surface area is 122 Å². The maximum Gasteiger partial charge on any atom is 0.243 e. The number of anilines is 1. The highest BCUT2D eigenvalue weighted by Crippen LogP contribution is 2.29. The molecular formula is C15H24N2O2S. The van der Waals surface area contributed by atoms with Crippen molar-refractivity contribution in [3.8, 4) is 0 Å². The Bertz CT molecular complexity index is 573.